The van der Waals surface area contributed by atoms with Gasteiger partial charge in [0, 0.05) is 6.92 Å². The molecule has 1 aliphatic carbocycles. The molecule has 0 unspecified atom stereocenters. The van der Waals surface area contributed by atoms with Crippen molar-refractivity contribution in [1.29, 1.82) is 0 Å². The Labute approximate surface area is 130 Å². The van der Waals surface area contributed by atoms with Crippen LogP contribution < -0.4 is 0 Å². The molecule has 0 saturated carbocycles. The van der Waals surface area contributed by atoms with Crippen LogP contribution in [0.4, 0.5) is 0 Å². The lowest BCUT2D eigenvalue weighted by molar-refractivity contribution is -0.160. The second kappa shape index (κ2) is 6.16. The summed E-state index contributed by atoms with van der Waals surface area (Å²) in [7, 11) is 0. The summed E-state index contributed by atoms with van der Waals surface area (Å²) in [5.41, 5.74) is 5.95. The van der Waals surface area contributed by atoms with Gasteiger partial charge >= 0.3 is 0 Å². The van der Waals surface area contributed by atoms with E-state index in [9.17, 15) is 10.0 Å². The Morgan fingerprint density at radius 1 is 1.09 bits per heavy atom. The highest BCUT2D eigenvalue weighted by Crippen LogP contribution is 2.29. The highest BCUT2D eigenvalue weighted by Gasteiger charge is 2.14. The molecule has 2 aromatic rings. The largest absolute Gasteiger partial charge is 0.286 e. The molecule has 0 atom stereocenters. The molecule has 3 rings (SSSR count). The fraction of sp³-hybridized carbons (Fsp3) is 0.211. The number of amides is 1. The lowest BCUT2D eigenvalue weighted by Crippen LogP contribution is -2.27. The summed E-state index contributed by atoms with van der Waals surface area (Å²) >= 11 is 0. The molecule has 0 radical (unpaired) electrons. The van der Waals surface area contributed by atoms with E-state index in [2.05, 4.69) is 36.4 Å². The minimum absolute atomic E-state index is 0.282. The van der Waals surface area contributed by atoms with Crippen molar-refractivity contribution in [2.24, 2.45) is 0 Å². The lowest BCUT2D eigenvalue weighted by Gasteiger charge is -2.20. The van der Waals surface area contributed by atoms with E-state index in [1.807, 2.05) is 18.2 Å². The molecule has 22 heavy (non-hydrogen) atoms. The van der Waals surface area contributed by atoms with Crippen molar-refractivity contribution >= 4 is 12.0 Å². The number of carbonyl (C=O) groups excluding carboxylic acids is 1. The van der Waals surface area contributed by atoms with Gasteiger partial charge in [-0.25, -0.2) is 5.06 Å². The Morgan fingerprint density at radius 3 is 2.59 bits per heavy atom. The maximum Gasteiger partial charge on any atom is 0.243 e. The van der Waals surface area contributed by atoms with E-state index in [1.165, 1.54) is 29.2 Å². The van der Waals surface area contributed by atoms with Crippen molar-refractivity contribution in [3.8, 4) is 11.1 Å². The number of hydrogen-bond donors (Lipinski definition) is 1. The van der Waals surface area contributed by atoms with E-state index >= 15 is 0 Å². The number of carbonyl (C=O) groups is 1. The van der Waals surface area contributed by atoms with Gasteiger partial charge in [0.25, 0.3) is 0 Å². The molecule has 3 heteroatoms. The minimum Gasteiger partial charge on any atom is -0.286 e. The van der Waals surface area contributed by atoms with Crippen molar-refractivity contribution in [2.75, 3.05) is 6.54 Å². The first kappa shape index (κ1) is 14.5. The van der Waals surface area contributed by atoms with Gasteiger partial charge in [0.15, 0.2) is 0 Å². The number of hydroxylamine groups is 2. The highest BCUT2D eigenvalue weighted by atomic mass is 16.5. The molecule has 3 nitrogen and oxygen atoms in total. The molecular weight excluding hydrogens is 274 g/mol. The van der Waals surface area contributed by atoms with E-state index in [-0.39, 0.29) is 12.5 Å². The number of fused-ring (bicyclic) bond motifs is 1. The molecule has 2 aromatic carbocycles. The number of rotatable bonds is 3. The van der Waals surface area contributed by atoms with E-state index in [1.54, 1.807) is 0 Å². The Morgan fingerprint density at radius 2 is 1.86 bits per heavy atom. The lowest BCUT2D eigenvalue weighted by atomic mass is 9.89. The third-order valence-electron chi connectivity index (χ3n) is 4.04. The first-order valence-electron chi connectivity index (χ1n) is 7.48. The number of aryl methyl sites for hydroxylation is 1. The number of nitrogens with zero attached hydrogens (tertiary/aromatic N) is 1. The second-order valence-corrected chi connectivity index (χ2v) is 5.66. The number of benzene rings is 2. The molecule has 0 bridgehead atoms. The van der Waals surface area contributed by atoms with Crippen LogP contribution in [0.25, 0.3) is 17.2 Å². The maximum atomic E-state index is 11.2. The normalized spacial score (nSPS) is 13.3. The SMILES string of the molecule is CC(=O)N(O)CC1=Cc2cc(-c3ccccc3)ccc2CC1. The summed E-state index contributed by atoms with van der Waals surface area (Å²) in [6.45, 7) is 1.65. The van der Waals surface area contributed by atoms with Gasteiger partial charge in [0.1, 0.15) is 0 Å². The summed E-state index contributed by atoms with van der Waals surface area (Å²) in [6, 6.07) is 16.8. The topological polar surface area (TPSA) is 40.5 Å². The van der Waals surface area contributed by atoms with Crippen LogP contribution in [0.3, 0.4) is 0 Å². The highest BCUT2D eigenvalue weighted by molar-refractivity contribution is 5.73. The average Bonchev–Trinajstić information content (AvgIpc) is 2.55. The van der Waals surface area contributed by atoms with Gasteiger partial charge in [0.2, 0.25) is 5.91 Å². The molecule has 0 spiro atoms. The van der Waals surface area contributed by atoms with Crippen LogP contribution in [0.2, 0.25) is 0 Å². The van der Waals surface area contributed by atoms with Gasteiger partial charge in [-0.2, -0.15) is 0 Å². The first-order valence-corrected chi connectivity index (χ1v) is 7.48. The van der Waals surface area contributed by atoms with Gasteiger partial charge in [-0.05, 0) is 46.7 Å². The van der Waals surface area contributed by atoms with E-state index < -0.39 is 0 Å². The van der Waals surface area contributed by atoms with Crippen molar-refractivity contribution in [2.45, 2.75) is 19.8 Å². The molecule has 0 aliphatic heterocycles. The molecule has 0 aromatic heterocycles. The monoisotopic (exact) mass is 293 g/mol. The Kier molecular flexibility index (Phi) is 4.07. The third-order valence-corrected chi connectivity index (χ3v) is 4.04. The average molecular weight is 293 g/mol. The van der Waals surface area contributed by atoms with Crippen LogP contribution in [-0.2, 0) is 11.2 Å². The first-order chi connectivity index (χ1) is 10.6. The molecule has 0 heterocycles. The van der Waals surface area contributed by atoms with E-state index in [0.717, 1.165) is 23.5 Å². The van der Waals surface area contributed by atoms with Crippen LogP contribution in [0.1, 0.15) is 24.5 Å². The van der Waals surface area contributed by atoms with Crippen LogP contribution in [0.15, 0.2) is 54.1 Å². The second-order valence-electron chi connectivity index (χ2n) is 5.66. The minimum atomic E-state index is -0.329. The Balaban J connectivity index is 1.89. The van der Waals surface area contributed by atoms with Gasteiger partial charge in [-0.1, -0.05) is 48.5 Å². The molecular formula is C19H19NO2. The molecule has 1 aliphatic rings. The fourth-order valence-electron chi connectivity index (χ4n) is 2.78. The molecule has 0 saturated heterocycles. The molecule has 0 fully saturated rings. The predicted octanol–water partition coefficient (Wildman–Crippen LogP) is 3.92. The molecule has 112 valence electrons. The summed E-state index contributed by atoms with van der Waals surface area (Å²) < 4.78 is 0. The zero-order chi connectivity index (χ0) is 15.5. The van der Waals surface area contributed by atoms with Gasteiger partial charge in [-0.15, -0.1) is 0 Å². The summed E-state index contributed by atoms with van der Waals surface area (Å²) in [5, 5.41) is 10.4. The summed E-state index contributed by atoms with van der Waals surface area (Å²) in [4.78, 5) is 11.2. The zero-order valence-corrected chi connectivity index (χ0v) is 12.6. The molecule has 1 N–H and O–H groups in total. The Bertz CT molecular complexity index is 719. The maximum absolute atomic E-state index is 11.2. The van der Waals surface area contributed by atoms with E-state index in [4.69, 9.17) is 0 Å². The third kappa shape index (κ3) is 3.10. The van der Waals surface area contributed by atoms with Crippen LogP contribution in [0, 0.1) is 0 Å². The zero-order valence-electron chi connectivity index (χ0n) is 12.6. The van der Waals surface area contributed by atoms with Crippen molar-refractivity contribution in [1.82, 2.24) is 5.06 Å². The van der Waals surface area contributed by atoms with Crippen LogP contribution in [0.5, 0.6) is 0 Å². The van der Waals surface area contributed by atoms with Crippen molar-refractivity contribution in [3.05, 3.63) is 65.2 Å². The van der Waals surface area contributed by atoms with Crippen LogP contribution >= 0.6 is 0 Å². The van der Waals surface area contributed by atoms with Gasteiger partial charge < -0.3 is 0 Å². The summed E-state index contributed by atoms with van der Waals surface area (Å²) in [5.74, 6) is -0.329. The van der Waals surface area contributed by atoms with Crippen molar-refractivity contribution in [3.63, 3.8) is 0 Å². The smallest absolute Gasteiger partial charge is 0.243 e. The van der Waals surface area contributed by atoms with Gasteiger partial charge in [-0.3, -0.25) is 10.0 Å². The predicted molar refractivity (Wildman–Crippen MR) is 87.3 cm³/mol. The molecule has 1 amide bonds. The standard InChI is InChI=1S/C19H19NO2/c1-14(21)20(22)13-15-7-8-17-9-10-18(12-19(17)11-15)16-5-3-2-4-6-16/h2-6,9-12,22H,7-8,13H2,1H3. The van der Waals surface area contributed by atoms with Crippen molar-refractivity contribution < 1.29 is 10.0 Å². The summed E-state index contributed by atoms with van der Waals surface area (Å²) in [6.07, 6.45) is 3.92. The van der Waals surface area contributed by atoms with E-state index in [0.29, 0.717) is 0 Å². The quantitative estimate of drug-likeness (QED) is 0.688. The van der Waals surface area contributed by atoms with Crippen LogP contribution in [-0.4, -0.2) is 22.7 Å². The van der Waals surface area contributed by atoms with Gasteiger partial charge in [0.05, 0.1) is 6.54 Å². The fourth-order valence-corrected chi connectivity index (χ4v) is 2.78. The number of hydrogen-bond acceptors (Lipinski definition) is 2. The Hall–Kier alpha value is -2.39.